The number of aryl methyl sites for hydroxylation is 1. The van der Waals surface area contributed by atoms with Crippen LogP contribution in [0, 0.1) is 5.92 Å². The first-order valence-electron chi connectivity index (χ1n) is 9.75. The molecule has 3 heterocycles. The molecule has 1 aliphatic heterocycles. The molecular formula is C19H31N5O2. The maximum absolute atomic E-state index is 9.56. The summed E-state index contributed by atoms with van der Waals surface area (Å²) in [7, 11) is 0. The summed E-state index contributed by atoms with van der Waals surface area (Å²) in [5.74, 6) is 1.43. The first-order chi connectivity index (χ1) is 12.5. The van der Waals surface area contributed by atoms with Gasteiger partial charge in [0.25, 0.3) is 0 Å². The standard InChI is InChI=1S/C19H31N5O2/c1-5-6-7-24-19-17(16(22-24)8-13(2)3)18(20-12-21-19)23-9-14(4)26-15(10-23)11-25/h12-15,25H,5-11H2,1-4H3/t14-,15-/m0/s1. The molecule has 2 aromatic heterocycles. The zero-order valence-electron chi connectivity index (χ0n) is 16.4. The first-order valence-corrected chi connectivity index (χ1v) is 9.75. The normalized spacial score (nSPS) is 21.1. The van der Waals surface area contributed by atoms with E-state index in [1.807, 2.05) is 11.6 Å². The minimum absolute atomic E-state index is 0.0175. The molecule has 0 bridgehead atoms. The average Bonchev–Trinajstić information content (AvgIpc) is 2.96. The van der Waals surface area contributed by atoms with Crippen LogP contribution in [0.15, 0.2) is 6.33 Å². The summed E-state index contributed by atoms with van der Waals surface area (Å²) < 4.78 is 7.83. The molecule has 7 nitrogen and oxygen atoms in total. The van der Waals surface area contributed by atoms with Crippen molar-refractivity contribution in [2.45, 2.75) is 65.7 Å². The number of nitrogens with zero attached hydrogens (tertiary/aromatic N) is 5. The van der Waals surface area contributed by atoms with E-state index in [1.165, 1.54) is 0 Å². The van der Waals surface area contributed by atoms with E-state index >= 15 is 0 Å². The van der Waals surface area contributed by atoms with Crippen molar-refractivity contribution < 1.29 is 9.84 Å². The van der Waals surface area contributed by atoms with E-state index in [-0.39, 0.29) is 18.8 Å². The molecule has 1 aliphatic rings. The topological polar surface area (TPSA) is 76.3 Å². The highest BCUT2D eigenvalue weighted by atomic mass is 16.5. The van der Waals surface area contributed by atoms with Crippen LogP contribution in [-0.4, -0.2) is 56.8 Å². The van der Waals surface area contributed by atoms with Gasteiger partial charge in [-0.3, -0.25) is 0 Å². The zero-order valence-corrected chi connectivity index (χ0v) is 16.4. The fourth-order valence-corrected chi connectivity index (χ4v) is 3.62. The Bertz CT molecular complexity index is 730. The maximum atomic E-state index is 9.56. The molecule has 7 heteroatoms. The smallest absolute Gasteiger partial charge is 0.163 e. The summed E-state index contributed by atoms with van der Waals surface area (Å²) in [6.45, 7) is 10.9. The molecule has 1 saturated heterocycles. The SMILES string of the molecule is CCCCn1nc(CC(C)C)c2c(N3C[C@@H](CO)O[C@@H](C)C3)ncnc21. The quantitative estimate of drug-likeness (QED) is 0.816. The predicted octanol–water partition coefficient (Wildman–Crippen LogP) is 2.41. The van der Waals surface area contributed by atoms with Crippen LogP contribution in [0.2, 0.25) is 0 Å². The van der Waals surface area contributed by atoms with Crippen molar-refractivity contribution in [3.63, 3.8) is 0 Å². The number of hydrogen-bond acceptors (Lipinski definition) is 6. The Kier molecular flexibility index (Phi) is 6.09. The van der Waals surface area contributed by atoms with E-state index in [2.05, 4.69) is 35.6 Å². The number of aromatic nitrogens is 4. The lowest BCUT2D eigenvalue weighted by Crippen LogP contribution is -2.48. The van der Waals surface area contributed by atoms with Crippen LogP contribution in [-0.2, 0) is 17.7 Å². The van der Waals surface area contributed by atoms with Crippen LogP contribution in [0.1, 0.15) is 46.2 Å². The fraction of sp³-hybridized carbons (Fsp3) is 0.737. The van der Waals surface area contributed by atoms with E-state index in [1.54, 1.807) is 6.33 Å². The van der Waals surface area contributed by atoms with Gasteiger partial charge in [0.15, 0.2) is 5.65 Å². The summed E-state index contributed by atoms with van der Waals surface area (Å²) in [5, 5.41) is 15.5. The van der Waals surface area contributed by atoms with Crippen LogP contribution in [0.3, 0.4) is 0 Å². The number of aliphatic hydroxyl groups excluding tert-OH is 1. The Morgan fingerprint density at radius 3 is 2.81 bits per heavy atom. The highest BCUT2D eigenvalue weighted by Crippen LogP contribution is 2.30. The second-order valence-corrected chi connectivity index (χ2v) is 7.67. The molecule has 0 unspecified atom stereocenters. The second kappa shape index (κ2) is 8.31. The third-order valence-corrected chi connectivity index (χ3v) is 4.74. The Balaban J connectivity index is 2.05. The Hall–Kier alpha value is -1.73. The van der Waals surface area contributed by atoms with E-state index in [9.17, 15) is 5.11 Å². The van der Waals surface area contributed by atoms with Gasteiger partial charge in [-0.1, -0.05) is 27.2 Å². The van der Waals surface area contributed by atoms with Gasteiger partial charge >= 0.3 is 0 Å². The largest absolute Gasteiger partial charge is 0.394 e. The number of ether oxygens (including phenoxy) is 1. The molecule has 1 N–H and O–H groups in total. The lowest BCUT2D eigenvalue weighted by molar-refractivity contribution is -0.0422. The summed E-state index contributed by atoms with van der Waals surface area (Å²) >= 11 is 0. The van der Waals surface area contributed by atoms with Crippen LogP contribution in [0.5, 0.6) is 0 Å². The van der Waals surface area contributed by atoms with Gasteiger partial charge in [-0.05, 0) is 25.7 Å². The van der Waals surface area contributed by atoms with Crippen molar-refractivity contribution in [2.75, 3.05) is 24.6 Å². The number of unbranched alkanes of at least 4 members (excludes halogenated alkanes) is 1. The molecule has 0 aromatic carbocycles. The Morgan fingerprint density at radius 1 is 1.31 bits per heavy atom. The molecule has 0 amide bonds. The summed E-state index contributed by atoms with van der Waals surface area (Å²) in [4.78, 5) is 11.4. The van der Waals surface area contributed by atoms with Gasteiger partial charge in [-0.2, -0.15) is 5.10 Å². The van der Waals surface area contributed by atoms with Crippen molar-refractivity contribution in [3.05, 3.63) is 12.0 Å². The Labute approximate surface area is 155 Å². The van der Waals surface area contributed by atoms with Crippen molar-refractivity contribution >= 4 is 16.9 Å². The average molecular weight is 361 g/mol. The van der Waals surface area contributed by atoms with Gasteiger partial charge in [0, 0.05) is 19.6 Å². The molecule has 0 spiro atoms. The highest BCUT2D eigenvalue weighted by Gasteiger charge is 2.28. The monoisotopic (exact) mass is 361 g/mol. The van der Waals surface area contributed by atoms with Crippen LogP contribution >= 0.6 is 0 Å². The first kappa shape index (κ1) is 19.0. The Morgan fingerprint density at radius 2 is 2.12 bits per heavy atom. The van der Waals surface area contributed by atoms with Gasteiger partial charge in [-0.15, -0.1) is 0 Å². The highest BCUT2D eigenvalue weighted by molar-refractivity contribution is 5.90. The molecule has 2 atom stereocenters. The van der Waals surface area contributed by atoms with Gasteiger partial charge in [0.05, 0.1) is 29.9 Å². The molecule has 1 fully saturated rings. The third-order valence-electron chi connectivity index (χ3n) is 4.74. The number of hydrogen-bond donors (Lipinski definition) is 1. The van der Waals surface area contributed by atoms with E-state index in [4.69, 9.17) is 9.84 Å². The number of morpholine rings is 1. The van der Waals surface area contributed by atoms with Gasteiger partial charge in [0.1, 0.15) is 12.1 Å². The molecule has 26 heavy (non-hydrogen) atoms. The van der Waals surface area contributed by atoms with Gasteiger partial charge in [-0.25, -0.2) is 14.6 Å². The lowest BCUT2D eigenvalue weighted by atomic mass is 10.1. The number of anilines is 1. The van der Waals surface area contributed by atoms with Crippen LogP contribution < -0.4 is 4.90 Å². The van der Waals surface area contributed by atoms with Crippen molar-refractivity contribution in [1.29, 1.82) is 0 Å². The van der Waals surface area contributed by atoms with Crippen molar-refractivity contribution in [2.24, 2.45) is 5.92 Å². The lowest BCUT2D eigenvalue weighted by Gasteiger charge is -2.37. The minimum atomic E-state index is -0.188. The van der Waals surface area contributed by atoms with E-state index in [0.717, 1.165) is 54.9 Å². The van der Waals surface area contributed by atoms with Crippen molar-refractivity contribution in [1.82, 2.24) is 19.7 Å². The number of rotatable bonds is 7. The number of fused-ring (bicyclic) bond motifs is 1. The summed E-state index contributed by atoms with van der Waals surface area (Å²) in [6, 6.07) is 0. The van der Waals surface area contributed by atoms with Crippen LogP contribution in [0.25, 0.3) is 11.0 Å². The molecule has 0 aliphatic carbocycles. The molecule has 0 radical (unpaired) electrons. The number of aliphatic hydroxyl groups is 1. The van der Waals surface area contributed by atoms with Gasteiger partial charge in [0.2, 0.25) is 0 Å². The van der Waals surface area contributed by atoms with E-state index < -0.39 is 0 Å². The minimum Gasteiger partial charge on any atom is -0.394 e. The second-order valence-electron chi connectivity index (χ2n) is 7.67. The van der Waals surface area contributed by atoms with Crippen molar-refractivity contribution in [3.8, 4) is 0 Å². The zero-order chi connectivity index (χ0) is 18.7. The van der Waals surface area contributed by atoms with Crippen LogP contribution in [0.4, 0.5) is 5.82 Å². The molecular weight excluding hydrogens is 330 g/mol. The molecule has 0 saturated carbocycles. The summed E-state index contributed by atoms with van der Waals surface area (Å²) in [5.41, 5.74) is 1.99. The fourth-order valence-electron chi connectivity index (χ4n) is 3.62. The predicted molar refractivity (Wildman–Crippen MR) is 102 cm³/mol. The summed E-state index contributed by atoms with van der Waals surface area (Å²) in [6.07, 6.45) is 4.60. The van der Waals surface area contributed by atoms with E-state index in [0.29, 0.717) is 12.5 Å². The molecule has 3 rings (SSSR count). The third kappa shape index (κ3) is 3.99. The maximum Gasteiger partial charge on any atom is 0.163 e. The molecule has 144 valence electrons. The van der Waals surface area contributed by atoms with Gasteiger partial charge < -0.3 is 14.7 Å². The molecule has 2 aromatic rings.